The second kappa shape index (κ2) is 10.1. The summed E-state index contributed by atoms with van der Waals surface area (Å²) >= 11 is 0. The zero-order valence-corrected chi connectivity index (χ0v) is 20.5. The van der Waals surface area contributed by atoms with E-state index in [4.69, 9.17) is 13.9 Å². The highest BCUT2D eigenvalue weighted by molar-refractivity contribution is 6.74. The first-order valence-electron chi connectivity index (χ1n) is 11.0. The lowest BCUT2D eigenvalue weighted by molar-refractivity contribution is -0.175. The molecule has 1 N–H and O–H groups in total. The fraction of sp³-hybridized carbons (Fsp3) is 0.423. The molecular weight excluding hydrogens is 420 g/mol. The van der Waals surface area contributed by atoms with Crippen LogP contribution in [-0.4, -0.2) is 37.7 Å². The van der Waals surface area contributed by atoms with Crippen molar-refractivity contribution in [2.75, 3.05) is 0 Å². The van der Waals surface area contributed by atoms with Crippen molar-refractivity contribution in [2.45, 2.75) is 69.9 Å². The highest BCUT2D eigenvalue weighted by atomic mass is 28.4. The Morgan fingerprint density at radius 1 is 1.03 bits per heavy atom. The summed E-state index contributed by atoms with van der Waals surface area (Å²) in [6, 6.07) is 19.6. The third-order valence-corrected chi connectivity index (χ3v) is 10.7. The molecule has 2 aromatic carbocycles. The summed E-state index contributed by atoms with van der Waals surface area (Å²) in [5.74, 6) is -0.493. The van der Waals surface area contributed by atoms with Gasteiger partial charge >= 0.3 is 5.97 Å². The summed E-state index contributed by atoms with van der Waals surface area (Å²) in [4.78, 5) is 12.1. The van der Waals surface area contributed by atoms with E-state index in [1.54, 1.807) is 0 Å². The molecule has 1 aliphatic heterocycles. The van der Waals surface area contributed by atoms with Gasteiger partial charge in [-0.2, -0.15) is 0 Å². The van der Waals surface area contributed by atoms with Gasteiger partial charge in [0.15, 0.2) is 14.4 Å². The molecule has 0 spiro atoms. The average Bonchev–Trinajstić information content (AvgIpc) is 2.76. The van der Waals surface area contributed by atoms with Gasteiger partial charge in [0.2, 0.25) is 0 Å². The van der Waals surface area contributed by atoms with Crippen LogP contribution < -0.4 is 0 Å². The Bertz CT molecular complexity index is 905. The molecule has 1 aliphatic rings. The van der Waals surface area contributed by atoms with Crippen LogP contribution >= 0.6 is 0 Å². The Morgan fingerprint density at radius 3 is 2.22 bits per heavy atom. The fourth-order valence-electron chi connectivity index (χ4n) is 3.37. The predicted octanol–water partition coefficient (Wildman–Crippen LogP) is 5.18. The van der Waals surface area contributed by atoms with Crippen molar-refractivity contribution in [1.29, 1.82) is 0 Å². The minimum Gasteiger partial charge on any atom is -0.453 e. The molecule has 0 saturated carbocycles. The maximum absolute atomic E-state index is 12.1. The number of rotatable bonds is 8. The first-order chi connectivity index (χ1) is 15.1. The van der Waals surface area contributed by atoms with Crippen LogP contribution in [0.4, 0.5) is 0 Å². The number of hydrogen-bond acceptors (Lipinski definition) is 5. The summed E-state index contributed by atoms with van der Waals surface area (Å²) in [6.07, 6.45) is -0.366. The molecule has 3 rings (SSSR count). The van der Waals surface area contributed by atoms with Crippen molar-refractivity contribution in [3.63, 3.8) is 0 Å². The lowest BCUT2D eigenvalue weighted by Crippen LogP contribution is -2.51. The third kappa shape index (κ3) is 5.95. The molecule has 4 atom stereocenters. The number of benzene rings is 2. The average molecular weight is 455 g/mol. The summed E-state index contributed by atoms with van der Waals surface area (Å²) in [5, 5.41) is 10.7. The molecule has 0 radical (unpaired) electrons. The Labute approximate surface area is 192 Å². The van der Waals surface area contributed by atoms with Crippen LogP contribution in [0.1, 0.15) is 38.0 Å². The number of hydrogen-bond donors (Lipinski definition) is 1. The highest BCUT2D eigenvalue weighted by Crippen LogP contribution is 2.42. The summed E-state index contributed by atoms with van der Waals surface area (Å²) < 4.78 is 18.8. The van der Waals surface area contributed by atoms with E-state index < -0.39 is 38.7 Å². The van der Waals surface area contributed by atoms with Crippen LogP contribution in [-0.2, 0) is 25.3 Å². The van der Waals surface area contributed by atoms with Gasteiger partial charge in [0.1, 0.15) is 18.3 Å². The second-order valence-corrected chi connectivity index (χ2v) is 14.5. The molecule has 0 unspecified atom stereocenters. The zero-order valence-electron chi connectivity index (χ0n) is 19.5. The molecule has 0 aliphatic carbocycles. The van der Waals surface area contributed by atoms with E-state index in [9.17, 15) is 9.90 Å². The van der Waals surface area contributed by atoms with Gasteiger partial charge in [-0.25, -0.2) is 4.79 Å². The molecule has 0 aromatic heterocycles. The zero-order chi connectivity index (χ0) is 23.4. The molecule has 0 bridgehead atoms. The van der Waals surface area contributed by atoms with Crippen LogP contribution in [0.15, 0.2) is 72.8 Å². The lowest BCUT2D eigenvalue weighted by atomic mass is 9.95. The molecule has 0 amide bonds. The molecule has 32 heavy (non-hydrogen) atoms. The molecule has 0 saturated heterocycles. The number of aliphatic hydroxyl groups is 1. The van der Waals surface area contributed by atoms with E-state index in [-0.39, 0.29) is 5.04 Å². The largest absolute Gasteiger partial charge is 0.453 e. The second-order valence-electron chi connectivity index (χ2n) is 9.72. The standard InChI is InChI=1S/C26H34O5Si/c1-26(2,3)32(4,5)31-23(20-14-10-7-11-15-20)25(24-21(27)16-17-22(28)30-24)29-18-19-12-8-6-9-13-19/h6-17,21,23-25,27H,18H2,1-5H3/t21-,23-,24-,25-/m1/s1. The van der Waals surface area contributed by atoms with Gasteiger partial charge in [0.25, 0.3) is 0 Å². The SMILES string of the molecule is CC(C)(C)[Si](C)(C)O[C@H](c1ccccc1)[C@@H](OCc1ccccc1)[C@@H]1OC(=O)C=C[C@H]1O. The van der Waals surface area contributed by atoms with E-state index in [0.717, 1.165) is 11.1 Å². The van der Waals surface area contributed by atoms with E-state index in [0.29, 0.717) is 6.61 Å². The van der Waals surface area contributed by atoms with Crippen molar-refractivity contribution in [2.24, 2.45) is 0 Å². The number of cyclic esters (lactones) is 1. The summed E-state index contributed by atoms with van der Waals surface area (Å²) in [7, 11) is -2.24. The lowest BCUT2D eigenvalue weighted by Gasteiger charge is -2.43. The molecule has 5 nitrogen and oxygen atoms in total. The number of esters is 1. The minimum atomic E-state index is -2.24. The first-order valence-corrected chi connectivity index (χ1v) is 13.9. The fourth-order valence-corrected chi connectivity index (χ4v) is 4.63. The van der Waals surface area contributed by atoms with Crippen molar-refractivity contribution in [3.8, 4) is 0 Å². The van der Waals surface area contributed by atoms with Gasteiger partial charge in [-0.1, -0.05) is 81.4 Å². The van der Waals surface area contributed by atoms with E-state index in [1.165, 1.54) is 12.2 Å². The van der Waals surface area contributed by atoms with Crippen molar-refractivity contribution in [1.82, 2.24) is 0 Å². The maximum Gasteiger partial charge on any atom is 0.330 e. The quantitative estimate of drug-likeness (QED) is 0.440. The molecule has 6 heteroatoms. The molecule has 0 fully saturated rings. The maximum atomic E-state index is 12.1. The molecular formula is C26H34O5Si. The van der Waals surface area contributed by atoms with Gasteiger partial charge in [-0.05, 0) is 35.3 Å². The summed E-state index contributed by atoms with van der Waals surface area (Å²) in [6.45, 7) is 11.2. The highest BCUT2D eigenvalue weighted by Gasteiger charge is 2.45. The van der Waals surface area contributed by atoms with Crippen LogP contribution in [0.5, 0.6) is 0 Å². The van der Waals surface area contributed by atoms with Gasteiger partial charge in [0, 0.05) is 6.08 Å². The molecule has 172 valence electrons. The van der Waals surface area contributed by atoms with Crippen LogP contribution in [0.25, 0.3) is 0 Å². The number of aliphatic hydroxyl groups excluding tert-OH is 1. The Balaban J connectivity index is 2.01. The van der Waals surface area contributed by atoms with Gasteiger partial charge < -0.3 is 19.0 Å². The van der Waals surface area contributed by atoms with Crippen molar-refractivity contribution < 1.29 is 23.8 Å². The monoisotopic (exact) mass is 454 g/mol. The van der Waals surface area contributed by atoms with Gasteiger partial charge in [-0.15, -0.1) is 0 Å². The van der Waals surface area contributed by atoms with Crippen molar-refractivity contribution in [3.05, 3.63) is 83.9 Å². The molecule has 1 heterocycles. The van der Waals surface area contributed by atoms with Crippen LogP contribution in [0, 0.1) is 0 Å². The number of carbonyl (C=O) groups is 1. The van der Waals surface area contributed by atoms with E-state index in [2.05, 4.69) is 33.9 Å². The number of carbonyl (C=O) groups excluding carboxylic acids is 1. The Morgan fingerprint density at radius 2 is 1.62 bits per heavy atom. The third-order valence-electron chi connectivity index (χ3n) is 6.28. The van der Waals surface area contributed by atoms with Gasteiger partial charge in [-0.3, -0.25) is 0 Å². The summed E-state index contributed by atoms with van der Waals surface area (Å²) in [5.41, 5.74) is 1.91. The Hall–Kier alpha value is -2.25. The minimum absolute atomic E-state index is 0.0359. The topological polar surface area (TPSA) is 65.0 Å². The normalized spacial score (nSPS) is 21.1. The van der Waals surface area contributed by atoms with Crippen molar-refractivity contribution >= 4 is 14.3 Å². The Kier molecular flexibility index (Phi) is 7.72. The first kappa shape index (κ1) is 24.4. The predicted molar refractivity (Wildman–Crippen MR) is 128 cm³/mol. The van der Waals surface area contributed by atoms with Crippen LogP contribution in [0.2, 0.25) is 18.1 Å². The van der Waals surface area contributed by atoms with Gasteiger partial charge in [0.05, 0.1) is 6.61 Å². The smallest absolute Gasteiger partial charge is 0.330 e. The van der Waals surface area contributed by atoms with E-state index in [1.807, 2.05) is 60.7 Å². The van der Waals surface area contributed by atoms with E-state index >= 15 is 0 Å². The molecule has 2 aromatic rings. The number of ether oxygens (including phenoxy) is 2. The van der Waals surface area contributed by atoms with Crippen LogP contribution in [0.3, 0.4) is 0 Å².